The summed E-state index contributed by atoms with van der Waals surface area (Å²) in [5.41, 5.74) is 2.02. The lowest BCUT2D eigenvalue weighted by Gasteiger charge is -2.37. The number of hydrogen-bond donors (Lipinski definition) is 1. The van der Waals surface area contributed by atoms with Crippen molar-refractivity contribution in [3.05, 3.63) is 17.5 Å². The van der Waals surface area contributed by atoms with Crippen LogP contribution in [0.1, 0.15) is 18.2 Å². The molecule has 0 bridgehead atoms. The van der Waals surface area contributed by atoms with Crippen molar-refractivity contribution < 1.29 is 8.42 Å². The summed E-state index contributed by atoms with van der Waals surface area (Å²) in [6.07, 6.45) is 1.79. The maximum Gasteiger partial charge on any atom is 0.222 e. The summed E-state index contributed by atoms with van der Waals surface area (Å²) in [4.78, 5) is 8.53. The Morgan fingerprint density at radius 2 is 2.11 bits per heavy atom. The summed E-state index contributed by atoms with van der Waals surface area (Å²) in [5, 5.41) is 3.16. The Morgan fingerprint density at radius 3 is 2.68 bits per heavy atom. The molecule has 0 aliphatic carbocycles. The highest BCUT2D eigenvalue weighted by Gasteiger charge is 2.34. The van der Waals surface area contributed by atoms with E-state index in [0.717, 1.165) is 11.3 Å². The molecule has 2 heterocycles. The minimum atomic E-state index is -3.02. The Labute approximate surface area is 114 Å². The number of nitrogens with one attached hydrogen (secondary N) is 1. The molecule has 2 rings (SSSR count). The van der Waals surface area contributed by atoms with Crippen LogP contribution in [-0.2, 0) is 10.0 Å². The van der Waals surface area contributed by atoms with Gasteiger partial charge in [-0.1, -0.05) is 0 Å². The fraction of sp³-hybridized carbons (Fsp3) is 0.667. The lowest BCUT2D eigenvalue weighted by Crippen LogP contribution is -2.52. The molecule has 7 heteroatoms. The van der Waals surface area contributed by atoms with Crippen molar-refractivity contribution in [1.29, 1.82) is 0 Å². The second-order valence-corrected chi connectivity index (χ2v) is 7.18. The summed E-state index contributed by atoms with van der Waals surface area (Å²) in [5.74, 6) is 1.12. The molecule has 1 aromatic rings. The van der Waals surface area contributed by atoms with Crippen LogP contribution >= 0.6 is 0 Å². The van der Waals surface area contributed by atoms with Gasteiger partial charge in [0.15, 0.2) is 0 Å². The summed E-state index contributed by atoms with van der Waals surface area (Å²) in [7, 11) is -3.02. The molecule has 106 valence electrons. The van der Waals surface area contributed by atoms with Gasteiger partial charge in [-0.05, 0) is 26.3 Å². The first-order valence-corrected chi connectivity index (χ1v) is 8.05. The Morgan fingerprint density at radius 1 is 1.42 bits per heavy atom. The number of aryl methyl sites for hydroxylation is 2. The van der Waals surface area contributed by atoms with E-state index in [-0.39, 0.29) is 5.75 Å². The number of aromatic nitrogens is 2. The first-order chi connectivity index (χ1) is 8.92. The highest BCUT2D eigenvalue weighted by atomic mass is 32.2. The average molecular weight is 284 g/mol. The van der Waals surface area contributed by atoms with Crippen LogP contribution in [0.2, 0.25) is 0 Å². The summed E-state index contributed by atoms with van der Waals surface area (Å²) < 4.78 is 24.7. The predicted octanol–water partition coefficient (Wildman–Crippen LogP) is 0.787. The van der Waals surface area contributed by atoms with Crippen LogP contribution in [0.5, 0.6) is 0 Å². The molecule has 1 N–H and O–H groups in total. The second-order valence-electron chi connectivity index (χ2n) is 4.93. The maximum absolute atomic E-state index is 11.6. The molecule has 1 saturated heterocycles. The van der Waals surface area contributed by atoms with Gasteiger partial charge in [0, 0.05) is 37.4 Å². The van der Waals surface area contributed by atoms with Gasteiger partial charge in [0.1, 0.15) is 0 Å². The average Bonchev–Trinajstić information content (AvgIpc) is 2.31. The van der Waals surface area contributed by atoms with Gasteiger partial charge in [0.2, 0.25) is 16.0 Å². The Hall–Kier alpha value is -1.21. The molecule has 0 spiro atoms. The maximum atomic E-state index is 11.6. The number of rotatable bonds is 5. The fourth-order valence-corrected chi connectivity index (χ4v) is 3.15. The fourth-order valence-electron chi connectivity index (χ4n) is 1.91. The molecule has 19 heavy (non-hydrogen) atoms. The first-order valence-electron chi connectivity index (χ1n) is 6.44. The third-order valence-corrected chi connectivity index (χ3v) is 5.27. The van der Waals surface area contributed by atoms with E-state index in [2.05, 4.69) is 15.3 Å². The Balaban J connectivity index is 1.81. The highest BCUT2D eigenvalue weighted by Crippen LogP contribution is 2.20. The van der Waals surface area contributed by atoms with Crippen LogP contribution in [0.25, 0.3) is 0 Å². The lowest BCUT2D eigenvalue weighted by atomic mass is 10.0. The molecule has 0 unspecified atom stereocenters. The minimum Gasteiger partial charge on any atom is -0.354 e. The SMILES string of the molecule is CCS(=O)(=O)N1CC(CNc2ncc(C)c(C)n2)C1. The van der Waals surface area contributed by atoms with Gasteiger partial charge in [-0.15, -0.1) is 0 Å². The van der Waals surface area contributed by atoms with Crippen LogP contribution in [0, 0.1) is 19.8 Å². The molecule has 1 aromatic heterocycles. The first kappa shape index (κ1) is 14.2. The molecular formula is C12H20N4O2S. The van der Waals surface area contributed by atoms with E-state index in [1.54, 1.807) is 13.1 Å². The molecule has 1 aliphatic heterocycles. The number of hydrogen-bond acceptors (Lipinski definition) is 5. The zero-order valence-electron chi connectivity index (χ0n) is 11.5. The topological polar surface area (TPSA) is 75.2 Å². The van der Waals surface area contributed by atoms with Gasteiger partial charge in [0.05, 0.1) is 5.75 Å². The molecule has 1 fully saturated rings. The van der Waals surface area contributed by atoms with Crippen molar-refractivity contribution in [3.63, 3.8) is 0 Å². The second kappa shape index (κ2) is 5.42. The van der Waals surface area contributed by atoms with Gasteiger partial charge >= 0.3 is 0 Å². The van der Waals surface area contributed by atoms with Crippen molar-refractivity contribution in [2.75, 3.05) is 30.7 Å². The molecular weight excluding hydrogens is 264 g/mol. The molecule has 0 amide bonds. The summed E-state index contributed by atoms with van der Waals surface area (Å²) in [6.45, 7) is 7.48. The number of anilines is 1. The van der Waals surface area contributed by atoms with E-state index < -0.39 is 10.0 Å². The van der Waals surface area contributed by atoms with Crippen LogP contribution in [0.15, 0.2) is 6.20 Å². The van der Waals surface area contributed by atoms with Gasteiger partial charge in [-0.3, -0.25) is 0 Å². The van der Waals surface area contributed by atoms with E-state index >= 15 is 0 Å². The third kappa shape index (κ3) is 3.22. The minimum absolute atomic E-state index is 0.174. The van der Waals surface area contributed by atoms with Crippen molar-refractivity contribution in [2.45, 2.75) is 20.8 Å². The van der Waals surface area contributed by atoms with Gasteiger partial charge in [-0.2, -0.15) is 0 Å². The number of sulfonamides is 1. The summed E-state index contributed by atoms with van der Waals surface area (Å²) in [6, 6.07) is 0. The molecule has 0 aromatic carbocycles. The van der Waals surface area contributed by atoms with Crippen molar-refractivity contribution in [3.8, 4) is 0 Å². The monoisotopic (exact) mass is 284 g/mol. The molecule has 0 atom stereocenters. The molecule has 1 aliphatic rings. The normalized spacial score (nSPS) is 17.2. The van der Waals surface area contributed by atoms with E-state index in [4.69, 9.17) is 0 Å². The highest BCUT2D eigenvalue weighted by molar-refractivity contribution is 7.89. The number of nitrogens with zero attached hydrogens (tertiary/aromatic N) is 3. The largest absolute Gasteiger partial charge is 0.354 e. The van der Waals surface area contributed by atoms with E-state index in [1.165, 1.54) is 4.31 Å². The Kier molecular flexibility index (Phi) is 4.05. The summed E-state index contributed by atoms with van der Waals surface area (Å²) >= 11 is 0. The smallest absolute Gasteiger partial charge is 0.222 e. The third-order valence-electron chi connectivity index (χ3n) is 3.46. The standard InChI is InChI=1S/C12H20N4O2S/c1-4-19(17,18)16-7-11(8-16)6-14-12-13-5-9(2)10(3)15-12/h5,11H,4,6-8H2,1-3H3,(H,13,14,15). The van der Waals surface area contributed by atoms with Gasteiger partial charge in [0.25, 0.3) is 0 Å². The zero-order valence-corrected chi connectivity index (χ0v) is 12.4. The Bertz CT molecular complexity index is 553. The van der Waals surface area contributed by atoms with Crippen molar-refractivity contribution >= 4 is 16.0 Å². The molecule has 0 radical (unpaired) electrons. The van der Waals surface area contributed by atoms with E-state index in [0.29, 0.717) is 31.5 Å². The van der Waals surface area contributed by atoms with E-state index in [1.807, 2.05) is 13.8 Å². The molecule has 6 nitrogen and oxygen atoms in total. The van der Waals surface area contributed by atoms with Crippen LogP contribution in [0.4, 0.5) is 5.95 Å². The van der Waals surface area contributed by atoms with Gasteiger partial charge in [-0.25, -0.2) is 22.7 Å². The van der Waals surface area contributed by atoms with E-state index in [9.17, 15) is 8.42 Å². The van der Waals surface area contributed by atoms with Crippen LogP contribution in [0.3, 0.4) is 0 Å². The predicted molar refractivity (Wildman–Crippen MR) is 74.5 cm³/mol. The quantitative estimate of drug-likeness (QED) is 0.865. The van der Waals surface area contributed by atoms with Gasteiger partial charge < -0.3 is 5.32 Å². The van der Waals surface area contributed by atoms with Crippen molar-refractivity contribution in [2.24, 2.45) is 5.92 Å². The van der Waals surface area contributed by atoms with Crippen LogP contribution in [-0.4, -0.2) is 48.1 Å². The zero-order chi connectivity index (χ0) is 14.0. The van der Waals surface area contributed by atoms with Crippen LogP contribution < -0.4 is 5.32 Å². The lowest BCUT2D eigenvalue weighted by molar-refractivity contribution is 0.211. The van der Waals surface area contributed by atoms with Crippen molar-refractivity contribution in [1.82, 2.24) is 14.3 Å². The molecule has 0 saturated carbocycles.